The standard InChI is InChI=1S/C22H14Cl3FN2O2/c1-12-2-4-17(19(25)6-12)22(29)28-11-14-3-5-18(24)21(20(14)26)30-16-8-13(10-27)7-15(23)9-16/h2-9H,11H2,1H3,(H,28,29). The first kappa shape index (κ1) is 21.9. The van der Waals surface area contributed by atoms with E-state index in [1.807, 2.05) is 13.0 Å². The van der Waals surface area contributed by atoms with Gasteiger partial charge in [0, 0.05) is 17.1 Å². The molecule has 0 saturated carbocycles. The topological polar surface area (TPSA) is 62.1 Å². The zero-order valence-corrected chi connectivity index (χ0v) is 17.9. The van der Waals surface area contributed by atoms with E-state index in [0.717, 1.165) is 5.56 Å². The molecule has 0 atom stereocenters. The zero-order chi connectivity index (χ0) is 21.8. The van der Waals surface area contributed by atoms with Crippen LogP contribution in [-0.4, -0.2) is 5.91 Å². The molecule has 0 heterocycles. The SMILES string of the molecule is Cc1ccc(C(=O)NCc2ccc(Cl)c(Oc3cc(Cl)cc(C#N)c3)c2F)c(Cl)c1. The molecule has 0 aliphatic heterocycles. The number of amides is 1. The Morgan fingerprint density at radius 1 is 1.10 bits per heavy atom. The Hall–Kier alpha value is -2.78. The number of ether oxygens (including phenoxy) is 1. The third-order valence-electron chi connectivity index (χ3n) is 4.16. The first-order chi connectivity index (χ1) is 14.3. The fraction of sp³-hybridized carbons (Fsp3) is 0.0909. The number of carbonyl (C=O) groups excluding carboxylic acids is 1. The van der Waals surface area contributed by atoms with Crippen molar-refractivity contribution < 1.29 is 13.9 Å². The Kier molecular flexibility index (Phi) is 6.84. The molecule has 1 N–H and O–H groups in total. The molecular formula is C22H14Cl3FN2O2. The van der Waals surface area contributed by atoms with E-state index in [-0.39, 0.29) is 44.8 Å². The van der Waals surface area contributed by atoms with Crippen LogP contribution in [0.5, 0.6) is 11.5 Å². The van der Waals surface area contributed by atoms with Gasteiger partial charge in [0.15, 0.2) is 11.6 Å². The highest BCUT2D eigenvalue weighted by molar-refractivity contribution is 6.34. The Morgan fingerprint density at radius 2 is 1.87 bits per heavy atom. The van der Waals surface area contributed by atoms with Gasteiger partial charge in [-0.05, 0) is 48.9 Å². The molecule has 4 nitrogen and oxygen atoms in total. The van der Waals surface area contributed by atoms with Crippen molar-refractivity contribution in [2.45, 2.75) is 13.5 Å². The van der Waals surface area contributed by atoms with Crippen molar-refractivity contribution in [1.82, 2.24) is 5.32 Å². The van der Waals surface area contributed by atoms with Gasteiger partial charge in [-0.25, -0.2) is 4.39 Å². The molecule has 0 aliphatic carbocycles. The minimum absolute atomic E-state index is 0.0302. The van der Waals surface area contributed by atoms with Gasteiger partial charge in [0.2, 0.25) is 0 Å². The second-order valence-electron chi connectivity index (χ2n) is 6.41. The Balaban J connectivity index is 1.82. The van der Waals surface area contributed by atoms with Crippen LogP contribution in [0.1, 0.15) is 27.0 Å². The van der Waals surface area contributed by atoms with Crippen LogP contribution >= 0.6 is 34.8 Å². The summed E-state index contributed by atoms with van der Waals surface area (Å²) < 4.78 is 20.6. The summed E-state index contributed by atoms with van der Waals surface area (Å²) in [5.74, 6) is -1.25. The molecule has 0 bridgehead atoms. The summed E-state index contributed by atoms with van der Waals surface area (Å²) in [4.78, 5) is 12.4. The van der Waals surface area contributed by atoms with Crippen molar-refractivity contribution in [2.75, 3.05) is 0 Å². The van der Waals surface area contributed by atoms with Crippen LogP contribution in [0.2, 0.25) is 15.1 Å². The molecular weight excluding hydrogens is 450 g/mol. The van der Waals surface area contributed by atoms with E-state index >= 15 is 4.39 Å². The van der Waals surface area contributed by atoms with Gasteiger partial charge in [0.1, 0.15) is 5.75 Å². The number of aryl methyl sites for hydroxylation is 1. The van der Waals surface area contributed by atoms with Crippen molar-refractivity contribution in [3.05, 3.63) is 91.7 Å². The van der Waals surface area contributed by atoms with E-state index in [4.69, 9.17) is 44.8 Å². The van der Waals surface area contributed by atoms with Crippen LogP contribution in [0.25, 0.3) is 0 Å². The van der Waals surface area contributed by atoms with E-state index in [0.29, 0.717) is 5.02 Å². The summed E-state index contributed by atoms with van der Waals surface area (Å²) in [5, 5.41) is 12.3. The van der Waals surface area contributed by atoms with Gasteiger partial charge < -0.3 is 10.1 Å². The van der Waals surface area contributed by atoms with E-state index in [1.54, 1.807) is 18.2 Å². The first-order valence-corrected chi connectivity index (χ1v) is 9.81. The van der Waals surface area contributed by atoms with Gasteiger partial charge >= 0.3 is 0 Å². The molecule has 0 fully saturated rings. The molecule has 152 valence electrons. The van der Waals surface area contributed by atoms with Crippen LogP contribution in [-0.2, 0) is 6.54 Å². The van der Waals surface area contributed by atoms with Crippen LogP contribution in [0.15, 0.2) is 48.5 Å². The van der Waals surface area contributed by atoms with Gasteiger partial charge in [0.05, 0.1) is 27.2 Å². The lowest BCUT2D eigenvalue weighted by Crippen LogP contribution is -2.23. The van der Waals surface area contributed by atoms with E-state index in [9.17, 15) is 4.79 Å². The maximum absolute atomic E-state index is 15.0. The zero-order valence-electron chi connectivity index (χ0n) is 15.6. The largest absolute Gasteiger partial charge is 0.453 e. The third kappa shape index (κ3) is 5.03. The van der Waals surface area contributed by atoms with E-state index in [1.165, 1.54) is 30.3 Å². The molecule has 3 aromatic rings. The predicted octanol–water partition coefficient (Wildman–Crippen LogP) is 6.69. The third-order valence-corrected chi connectivity index (χ3v) is 4.99. The second kappa shape index (κ2) is 9.36. The number of nitriles is 1. The molecule has 0 aromatic heterocycles. The minimum Gasteiger partial charge on any atom is -0.453 e. The average Bonchev–Trinajstić information content (AvgIpc) is 2.70. The van der Waals surface area contributed by atoms with Crippen molar-refractivity contribution in [3.8, 4) is 17.6 Å². The summed E-state index contributed by atoms with van der Waals surface area (Å²) in [6.07, 6.45) is 0. The molecule has 0 spiro atoms. The number of hydrogen-bond donors (Lipinski definition) is 1. The molecule has 3 rings (SSSR count). The highest BCUT2D eigenvalue weighted by Crippen LogP contribution is 2.35. The van der Waals surface area contributed by atoms with Crippen molar-refractivity contribution >= 4 is 40.7 Å². The van der Waals surface area contributed by atoms with Gasteiger partial charge in [-0.3, -0.25) is 4.79 Å². The quantitative estimate of drug-likeness (QED) is 0.458. The Labute approximate surface area is 187 Å². The molecule has 3 aromatic carbocycles. The highest BCUT2D eigenvalue weighted by atomic mass is 35.5. The molecule has 0 aliphatic rings. The summed E-state index contributed by atoms with van der Waals surface area (Å²) in [7, 11) is 0. The number of nitrogens with one attached hydrogen (secondary N) is 1. The van der Waals surface area contributed by atoms with E-state index in [2.05, 4.69) is 5.32 Å². The molecule has 0 unspecified atom stereocenters. The van der Waals surface area contributed by atoms with Gasteiger partial charge in [-0.2, -0.15) is 5.26 Å². The number of hydrogen-bond acceptors (Lipinski definition) is 3. The van der Waals surface area contributed by atoms with Crippen LogP contribution < -0.4 is 10.1 Å². The molecule has 30 heavy (non-hydrogen) atoms. The lowest BCUT2D eigenvalue weighted by atomic mass is 10.1. The summed E-state index contributed by atoms with van der Waals surface area (Å²) in [6, 6.07) is 14.2. The summed E-state index contributed by atoms with van der Waals surface area (Å²) in [6.45, 7) is 1.75. The van der Waals surface area contributed by atoms with Crippen molar-refractivity contribution in [3.63, 3.8) is 0 Å². The normalized spacial score (nSPS) is 10.4. The molecule has 0 radical (unpaired) electrons. The maximum atomic E-state index is 15.0. The Morgan fingerprint density at radius 3 is 2.57 bits per heavy atom. The van der Waals surface area contributed by atoms with Crippen LogP contribution in [0.3, 0.4) is 0 Å². The van der Waals surface area contributed by atoms with E-state index < -0.39 is 11.7 Å². The fourth-order valence-electron chi connectivity index (χ4n) is 2.68. The van der Waals surface area contributed by atoms with Crippen LogP contribution in [0.4, 0.5) is 4.39 Å². The monoisotopic (exact) mass is 462 g/mol. The number of carbonyl (C=O) groups is 1. The Bertz CT molecular complexity index is 1180. The molecule has 1 amide bonds. The van der Waals surface area contributed by atoms with Crippen molar-refractivity contribution in [2.24, 2.45) is 0 Å². The van der Waals surface area contributed by atoms with Gasteiger partial charge in [-0.15, -0.1) is 0 Å². The molecule has 0 saturated heterocycles. The predicted molar refractivity (Wildman–Crippen MR) is 115 cm³/mol. The number of rotatable bonds is 5. The summed E-state index contributed by atoms with van der Waals surface area (Å²) in [5.41, 5.74) is 1.62. The van der Waals surface area contributed by atoms with Crippen molar-refractivity contribution in [1.29, 1.82) is 5.26 Å². The van der Waals surface area contributed by atoms with Crippen LogP contribution in [0, 0.1) is 24.1 Å². The number of benzene rings is 3. The second-order valence-corrected chi connectivity index (χ2v) is 7.66. The van der Waals surface area contributed by atoms with Gasteiger partial charge in [0.25, 0.3) is 5.91 Å². The highest BCUT2D eigenvalue weighted by Gasteiger charge is 2.17. The number of halogens is 4. The maximum Gasteiger partial charge on any atom is 0.253 e. The minimum atomic E-state index is -0.740. The van der Waals surface area contributed by atoms with Gasteiger partial charge in [-0.1, -0.05) is 46.9 Å². The average molecular weight is 464 g/mol. The molecule has 8 heteroatoms. The lowest BCUT2D eigenvalue weighted by molar-refractivity contribution is 0.0950. The summed E-state index contributed by atoms with van der Waals surface area (Å²) >= 11 is 18.2. The number of nitrogens with zero attached hydrogens (tertiary/aromatic N) is 1. The smallest absolute Gasteiger partial charge is 0.253 e. The fourth-order valence-corrected chi connectivity index (χ4v) is 3.41. The first-order valence-electron chi connectivity index (χ1n) is 8.68. The lowest BCUT2D eigenvalue weighted by Gasteiger charge is -2.13.